The number of hydrogen-bond acceptors (Lipinski definition) is 6. The normalized spacial score (nSPS) is 11.0. The van der Waals surface area contributed by atoms with Gasteiger partial charge in [-0.2, -0.15) is 0 Å². The number of benzene rings is 1. The number of carbonyl (C=O) groups is 1. The summed E-state index contributed by atoms with van der Waals surface area (Å²) in [5, 5.41) is 7.87. The van der Waals surface area contributed by atoms with Crippen molar-refractivity contribution in [2.75, 3.05) is 0 Å². The Kier molecular flexibility index (Phi) is 5.11. The summed E-state index contributed by atoms with van der Waals surface area (Å²) >= 11 is 4.88. The highest BCUT2D eigenvalue weighted by atomic mass is 79.9. The Bertz CT molecular complexity index is 840. The summed E-state index contributed by atoms with van der Waals surface area (Å²) in [6.07, 6.45) is 0. The zero-order chi connectivity index (χ0) is 17.1. The van der Waals surface area contributed by atoms with E-state index in [9.17, 15) is 4.79 Å². The van der Waals surface area contributed by atoms with Gasteiger partial charge in [-0.3, -0.25) is 0 Å². The van der Waals surface area contributed by atoms with Crippen LogP contribution in [0.1, 0.15) is 41.6 Å². The van der Waals surface area contributed by atoms with Crippen molar-refractivity contribution < 1.29 is 13.9 Å². The molecule has 0 fully saturated rings. The highest BCUT2D eigenvalue weighted by Gasteiger charge is 2.13. The van der Waals surface area contributed by atoms with Gasteiger partial charge in [-0.25, -0.2) is 4.79 Å². The van der Waals surface area contributed by atoms with Crippen LogP contribution in [-0.4, -0.2) is 16.2 Å². The number of ether oxygens (including phenoxy) is 1. The number of esters is 1. The largest absolute Gasteiger partial charge is 0.452 e. The van der Waals surface area contributed by atoms with Crippen LogP contribution < -0.4 is 0 Å². The van der Waals surface area contributed by atoms with Crippen molar-refractivity contribution in [3.05, 3.63) is 57.2 Å². The Morgan fingerprint density at radius 2 is 1.96 bits per heavy atom. The molecule has 2 heterocycles. The van der Waals surface area contributed by atoms with Crippen molar-refractivity contribution in [1.82, 2.24) is 10.2 Å². The first-order valence-electron chi connectivity index (χ1n) is 7.38. The molecular weight excluding hydrogens is 392 g/mol. The van der Waals surface area contributed by atoms with E-state index in [0.717, 1.165) is 8.66 Å². The molecule has 0 saturated carbocycles. The van der Waals surface area contributed by atoms with E-state index in [-0.39, 0.29) is 12.5 Å². The summed E-state index contributed by atoms with van der Waals surface area (Å²) in [5.41, 5.74) is 1.68. The third-order valence-electron chi connectivity index (χ3n) is 3.39. The lowest BCUT2D eigenvalue weighted by atomic mass is 10.0. The number of nitrogens with zero attached hydrogens (tertiary/aromatic N) is 2. The molecule has 0 radical (unpaired) electrons. The first-order chi connectivity index (χ1) is 11.5. The molecule has 0 aliphatic heterocycles. The van der Waals surface area contributed by atoms with Crippen molar-refractivity contribution in [1.29, 1.82) is 0 Å². The standard InChI is InChI=1S/C17H15BrN2O3S/c1-10(2)11-3-5-12(6-4-11)17(21)22-9-15-19-20-16(23-15)13-7-8-14(18)24-13/h3-8,10H,9H2,1-2H3. The molecule has 3 rings (SSSR count). The highest BCUT2D eigenvalue weighted by molar-refractivity contribution is 9.11. The lowest BCUT2D eigenvalue weighted by molar-refractivity contribution is 0.0438. The van der Waals surface area contributed by atoms with Crippen LogP contribution in [0.25, 0.3) is 10.8 Å². The van der Waals surface area contributed by atoms with Crippen molar-refractivity contribution >= 4 is 33.2 Å². The molecule has 0 unspecified atom stereocenters. The summed E-state index contributed by atoms with van der Waals surface area (Å²) in [6.45, 7) is 4.16. The SMILES string of the molecule is CC(C)c1ccc(C(=O)OCc2nnc(-c3ccc(Br)s3)o2)cc1. The lowest BCUT2D eigenvalue weighted by Gasteiger charge is -2.06. The number of rotatable bonds is 5. The van der Waals surface area contributed by atoms with Gasteiger partial charge >= 0.3 is 5.97 Å². The highest BCUT2D eigenvalue weighted by Crippen LogP contribution is 2.30. The molecule has 2 aromatic heterocycles. The van der Waals surface area contributed by atoms with Crippen LogP contribution in [0, 0.1) is 0 Å². The maximum absolute atomic E-state index is 12.1. The number of aromatic nitrogens is 2. The monoisotopic (exact) mass is 406 g/mol. The number of halogens is 1. The molecule has 0 amide bonds. The first-order valence-corrected chi connectivity index (χ1v) is 8.99. The molecule has 0 saturated heterocycles. The van der Waals surface area contributed by atoms with Crippen LogP contribution in [0.2, 0.25) is 0 Å². The number of carbonyl (C=O) groups excluding carboxylic acids is 1. The molecule has 3 aromatic rings. The van der Waals surface area contributed by atoms with Gasteiger partial charge < -0.3 is 9.15 Å². The Balaban J connectivity index is 1.61. The van der Waals surface area contributed by atoms with Crippen LogP contribution in [0.4, 0.5) is 0 Å². The summed E-state index contributed by atoms with van der Waals surface area (Å²) in [7, 11) is 0. The van der Waals surface area contributed by atoms with Gasteiger partial charge in [0.2, 0.25) is 0 Å². The third-order valence-corrected chi connectivity index (χ3v) is 5.00. The maximum atomic E-state index is 12.1. The smallest absolute Gasteiger partial charge is 0.338 e. The minimum Gasteiger partial charge on any atom is -0.452 e. The second kappa shape index (κ2) is 7.27. The Hall–Kier alpha value is -1.99. The fourth-order valence-electron chi connectivity index (χ4n) is 2.06. The molecular formula is C17H15BrN2O3S. The van der Waals surface area contributed by atoms with Crippen LogP contribution in [0.5, 0.6) is 0 Å². The van der Waals surface area contributed by atoms with Gasteiger partial charge in [-0.15, -0.1) is 21.5 Å². The summed E-state index contributed by atoms with van der Waals surface area (Å²) in [4.78, 5) is 12.9. The third kappa shape index (κ3) is 3.91. The molecule has 5 nitrogen and oxygen atoms in total. The van der Waals surface area contributed by atoms with Crippen LogP contribution >= 0.6 is 27.3 Å². The van der Waals surface area contributed by atoms with Gasteiger partial charge in [0.05, 0.1) is 14.2 Å². The average molecular weight is 407 g/mol. The molecule has 0 bridgehead atoms. The zero-order valence-electron chi connectivity index (χ0n) is 13.2. The predicted octanol–water partition coefficient (Wildman–Crippen LogP) is 5.04. The lowest BCUT2D eigenvalue weighted by Crippen LogP contribution is -2.05. The minimum absolute atomic E-state index is 0.0513. The molecule has 0 spiro atoms. The molecule has 0 atom stereocenters. The summed E-state index contributed by atoms with van der Waals surface area (Å²) in [6, 6.07) is 11.2. The van der Waals surface area contributed by atoms with E-state index in [1.165, 1.54) is 16.9 Å². The quantitative estimate of drug-likeness (QED) is 0.555. The van der Waals surface area contributed by atoms with Gasteiger partial charge in [-0.05, 0) is 51.7 Å². The summed E-state index contributed by atoms with van der Waals surface area (Å²) < 4.78 is 11.7. The maximum Gasteiger partial charge on any atom is 0.338 e. The summed E-state index contributed by atoms with van der Waals surface area (Å²) in [5.74, 6) is 0.688. The molecule has 1 aromatic carbocycles. The molecule has 0 N–H and O–H groups in total. The molecule has 7 heteroatoms. The van der Waals surface area contributed by atoms with Crippen molar-refractivity contribution in [3.8, 4) is 10.8 Å². The van der Waals surface area contributed by atoms with Gasteiger partial charge in [0.1, 0.15) is 0 Å². The van der Waals surface area contributed by atoms with Gasteiger partial charge in [0.15, 0.2) is 6.61 Å². The van der Waals surface area contributed by atoms with E-state index in [4.69, 9.17) is 9.15 Å². The number of thiophene rings is 1. The van der Waals surface area contributed by atoms with Gasteiger partial charge in [0, 0.05) is 0 Å². The fourth-order valence-corrected chi connectivity index (χ4v) is 3.36. The van der Waals surface area contributed by atoms with E-state index in [1.807, 2.05) is 24.3 Å². The van der Waals surface area contributed by atoms with E-state index < -0.39 is 5.97 Å². The predicted molar refractivity (Wildman–Crippen MR) is 95.0 cm³/mol. The minimum atomic E-state index is -0.413. The van der Waals surface area contributed by atoms with Crippen molar-refractivity contribution in [3.63, 3.8) is 0 Å². The topological polar surface area (TPSA) is 65.2 Å². The van der Waals surface area contributed by atoms with Crippen LogP contribution in [-0.2, 0) is 11.3 Å². The van der Waals surface area contributed by atoms with E-state index in [2.05, 4.69) is 40.0 Å². The molecule has 124 valence electrons. The van der Waals surface area contributed by atoms with Gasteiger partial charge in [0.25, 0.3) is 11.8 Å². The van der Waals surface area contributed by atoms with Crippen LogP contribution in [0.3, 0.4) is 0 Å². The zero-order valence-corrected chi connectivity index (χ0v) is 15.6. The second-order valence-corrected chi connectivity index (χ2v) is 7.92. The fraction of sp³-hybridized carbons (Fsp3) is 0.235. The molecule has 0 aliphatic rings. The Morgan fingerprint density at radius 3 is 2.58 bits per heavy atom. The Labute approximate surface area is 151 Å². The molecule has 0 aliphatic carbocycles. The Morgan fingerprint density at radius 1 is 1.21 bits per heavy atom. The van der Waals surface area contributed by atoms with Crippen LogP contribution in [0.15, 0.2) is 44.6 Å². The average Bonchev–Trinajstić information content (AvgIpc) is 3.21. The van der Waals surface area contributed by atoms with E-state index in [1.54, 1.807) is 12.1 Å². The first kappa shape index (κ1) is 16.9. The number of hydrogen-bond donors (Lipinski definition) is 0. The van der Waals surface area contributed by atoms with Crippen molar-refractivity contribution in [2.45, 2.75) is 26.4 Å². The molecule has 24 heavy (non-hydrogen) atoms. The van der Waals surface area contributed by atoms with Crippen molar-refractivity contribution in [2.24, 2.45) is 0 Å². The second-order valence-electron chi connectivity index (χ2n) is 5.46. The van der Waals surface area contributed by atoms with E-state index in [0.29, 0.717) is 17.4 Å². The van der Waals surface area contributed by atoms with E-state index >= 15 is 0 Å². The van der Waals surface area contributed by atoms with Gasteiger partial charge in [-0.1, -0.05) is 26.0 Å².